The molecule has 20 heavy (non-hydrogen) atoms. The summed E-state index contributed by atoms with van der Waals surface area (Å²) in [4.78, 5) is 15.2. The number of carbonyl (C=O) groups excluding carboxylic acids is 1. The van der Waals surface area contributed by atoms with Crippen molar-refractivity contribution in [1.82, 2.24) is 4.98 Å². The number of pyridine rings is 1. The van der Waals surface area contributed by atoms with Crippen molar-refractivity contribution in [3.63, 3.8) is 0 Å². The molecule has 1 aromatic heterocycles. The van der Waals surface area contributed by atoms with Gasteiger partial charge in [-0.3, -0.25) is 4.79 Å². The lowest BCUT2D eigenvalue weighted by molar-refractivity contribution is 0.104. The maximum absolute atomic E-state index is 12.9. The highest BCUT2D eigenvalue weighted by atomic mass is 19.1. The molecule has 0 bridgehead atoms. The summed E-state index contributed by atoms with van der Waals surface area (Å²) in [5, 5.41) is 8.83. The third-order valence-corrected chi connectivity index (χ3v) is 3.78. The molecular weight excluding hydrogens is 255 g/mol. The zero-order valence-corrected chi connectivity index (χ0v) is 11.3. The van der Waals surface area contributed by atoms with Crippen molar-refractivity contribution in [2.24, 2.45) is 11.8 Å². The van der Waals surface area contributed by atoms with E-state index in [4.69, 9.17) is 5.26 Å². The van der Waals surface area contributed by atoms with Crippen molar-refractivity contribution < 1.29 is 9.18 Å². The Morgan fingerprint density at radius 2 is 2.20 bits per heavy atom. The first-order valence-corrected chi connectivity index (χ1v) is 6.91. The second-order valence-corrected chi connectivity index (χ2v) is 5.22. The van der Waals surface area contributed by atoms with Gasteiger partial charge in [0, 0.05) is 23.7 Å². The van der Waals surface area contributed by atoms with E-state index >= 15 is 0 Å². The van der Waals surface area contributed by atoms with Crippen LogP contribution in [0.25, 0.3) is 0 Å². The maximum Gasteiger partial charge on any atom is 0.213 e. The lowest BCUT2D eigenvalue weighted by Gasteiger charge is -2.23. The molecule has 0 aliphatic heterocycles. The number of hydrogen-bond acceptors (Lipinski definition) is 3. The van der Waals surface area contributed by atoms with Crippen LogP contribution in [-0.4, -0.2) is 10.8 Å². The van der Waals surface area contributed by atoms with E-state index in [-0.39, 0.29) is 11.7 Å². The van der Waals surface area contributed by atoms with E-state index in [1.807, 2.05) is 6.08 Å². The topological polar surface area (TPSA) is 53.8 Å². The van der Waals surface area contributed by atoms with E-state index < -0.39 is 5.95 Å². The number of aromatic nitrogens is 1. The molecule has 104 valence electrons. The van der Waals surface area contributed by atoms with Crippen LogP contribution in [0.15, 0.2) is 30.5 Å². The number of nitrogens with zero attached hydrogens (tertiary/aromatic N) is 2. The van der Waals surface area contributed by atoms with Gasteiger partial charge in [-0.05, 0) is 50.2 Å². The van der Waals surface area contributed by atoms with Gasteiger partial charge in [-0.1, -0.05) is 6.08 Å². The fourth-order valence-electron chi connectivity index (χ4n) is 2.55. The Bertz CT molecular complexity index is 540. The van der Waals surface area contributed by atoms with Gasteiger partial charge in [0.25, 0.3) is 0 Å². The maximum atomic E-state index is 12.9. The van der Waals surface area contributed by atoms with Crippen molar-refractivity contribution in [2.45, 2.75) is 32.1 Å². The van der Waals surface area contributed by atoms with Crippen LogP contribution in [0.1, 0.15) is 42.5 Å². The lowest BCUT2D eigenvalue weighted by Crippen LogP contribution is -2.12. The number of halogens is 1. The fraction of sp³-hybridized carbons (Fsp3) is 0.438. The number of carbonyl (C=O) groups is 1. The van der Waals surface area contributed by atoms with E-state index in [1.54, 1.807) is 0 Å². The first-order chi connectivity index (χ1) is 9.69. The normalized spacial score (nSPS) is 22.6. The minimum Gasteiger partial charge on any atom is -0.289 e. The summed E-state index contributed by atoms with van der Waals surface area (Å²) in [6.07, 6.45) is 9.50. The number of hydrogen-bond donors (Lipinski definition) is 0. The van der Waals surface area contributed by atoms with E-state index in [2.05, 4.69) is 11.1 Å². The fourth-order valence-corrected chi connectivity index (χ4v) is 2.55. The van der Waals surface area contributed by atoms with Crippen LogP contribution in [0, 0.1) is 29.1 Å². The molecule has 2 rings (SSSR count). The van der Waals surface area contributed by atoms with E-state index in [9.17, 15) is 9.18 Å². The van der Waals surface area contributed by atoms with Crippen molar-refractivity contribution in [3.8, 4) is 6.07 Å². The molecule has 1 aliphatic carbocycles. The zero-order chi connectivity index (χ0) is 14.4. The second kappa shape index (κ2) is 6.95. The Kier molecular flexibility index (Phi) is 5.00. The van der Waals surface area contributed by atoms with Gasteiger partial charge < -0.3 is 0 Å². The van der Waals surface area contributed by atoms with Gasteiger partial charge in [-0.25, -0.2) is 4.98 Å². The Labute approximate surface area is 118 Å². The summed E-state index contributed by atoms with van der Waals surface area (Å²) in [5.41, 5.74) is 0.321. The van der Waals surface area contributed by atoms with Crippen LogP contribution in [0.5, 0.6) is 0 Å². The highest BCUT2D eigenvalue weighted by Crippen LogP contribution is 2.30. The smallest absolute Gasteiger partial charge is 0.213 e. The van der Waals surface area contributed by atoms with Crippen molar-refractivity contribution in [1.29, 1.82) is 5.26 Å². The first-order valence-electron chi connectivity index (χ1n) is 6.91. The van der Waals surface area contributed by atoms with Crippen LogP contribution < -0.4 is 0 Å². The monoisotopic (exact) mass is 272 g/mol. The van der Waals surface area contributed by atoms with Crippen LogP contribution in [0.2, 0.25) is 0 Å². The Hall–Kier alpha value is -2.02. The molecule has 0 spiro atoms. The van der Waals surface area contributed by atoms with Crippen LogP contribution in [0.3, 0.4) is 0 Å². The van der Waals surface area contributed by atoms with Crippen LogP contribution in [0.4, 0.5) is 4.39 Å². The minimum atomic E-state index is -0.640. The zero-order valence-electron chi connectivity index (χ0n) is 11.3. The third-order valence-electron chi connectivity index (χ3n) is 3.78. The molecule has 0 amide bonds. The summed E-state index contributed by atoms with van der Waals surface area (Å²) in [5.74, 6) is -0.0782. The first kappa shape index (κ1) is 14.4. The number of rotatable bonds is 4. The molecule has 1 aliphatic rings. The molecular formula is C16H17FN2O. The molecule has 0 unspecified atom stereocenters. The molecule has 0 saturated heterocycles. The van der Waals surface area contributed by atoms with E-state index in [1.165, 1.54) is 18.3 Å². The van der Waals surface area contributed by atoms with Crippen molar-refractivity contribution in [2.75, 3.05) is 0 Å². The summed E-state index contributed by atoms with van der Waals surface area (Å²) >= 11 is 0. The van der Waals surface area contributed by atoms with Gasteiger partial charge in [0.05, 0.1) is 6.07 Å². The van der Waals surface area contributed by atoms with Gasteiger partial charge in [0.1, 0.15) is 0 Å². The van der Waals surface area contributed by atoms with E-state index in [0.717, 1.165) is 38.2 Å². The Morgan fingerprint density at radius 1 is 1.45 bits per heavy atom. The van der Waals surface area contributed by atoms with Crippen molar-refractivity contribution >= 4 is 5.78 Å². The minimum absolute atomic E-state index is 0.197. The molecule has 4 heteroatoms. The summed E-state index contributed by atoms with van der Waals surface area (Å²) in [6, 6.07) is 4.96. The predicted octanol–water partition coefficient (Wildman–Crippen LogP) is 3.68. The molecule has 0 N–H and O–H groups in total. The molecule has 1 fully saturated rings. The molecule has 0 atom stereocenters. The second-order valence-electron chi connectivity index (χ2n) is 5.22. The third kappa shape index (κ3) is 3.99. The van der Waals surface area contributed by atoms with Gasteiger partial charge in [-0.15, -0.1) is 0 Å². The molecule has 3 nitrogen and oxygen atoms in total. The average molecular weight is 272 g/mol. The average Bonchev–Trinajstić information content (AvgIpc) is 2.48. The Balaban J connectivity index is 1.82. The molecule has 1 saturated carbocycles. The number of allylic oxidation sites excluding steroid dienone is 2. The molecule has 0 radical (unpaired) electrons. The Morgan fingerprint density at radius 3 is 2.85 bits per heavy atom. The van der Waals surface area contributed by atoms with Gasteiger partial charge >= 0.3 is 0 Å². The quantitative estimate of drug-likeness (QED) is 0.477. The van der Waals surface area contributed by atoms with Crippen LogP contribution >= 0.6 is 0 Å². The summed E-state index contributed by atoms with van der Waals surface area (Å²) in [6.45, 7) is 0. The highest BCUT2D eigenvalue weighted by molar-refractivity contribution is 6.04. The SMILES string of the molecule is N#CC1CCC(CC=CC(=O)c2ccnc(F)c2)CC1. The van der Waals surface area contributed by atoms with Crippen LogP contribution in [-0.2, 0) is 0 Å². The van der Waals surface area contributed by atoms with Gasteiger partial charge in [-0.2, -0.15) is 9.65 Å². The van der Waals surface area contributed by atoms with Gasteiger partial charge in [0.2, 0.25) is 5.95 Å². The summed E-state index contributed by atoms with van der Waals surface area (Å²) in [7, 11) is 0. The predicted molar refractivity (Wildman–Crippen MR) is 73.3 cm³/mol. The molecule has 1 heterocycles. The highest BCUT2D eigenvalue weighted by Gasteiger charge is 2.19. The lowest BCUT2D eigenvalue weighted by atomic mass is 9.81. The number of ketones is 1. The van der Waals surface area contributed by atoms with Crippen molar-refractivity contribution in [3.05, 3.63) is 42.0 Å². The summed E-state index contributed by atoms with van der Waals surface area (Å²) < 4.78 is 12.9. The standard InChI is InChI=1S/C16H17FN2O/c17-16-10-14(8-9-19-16)15(20)3-1-2-12-4-6-13(11-18)7-5-12/h1,3,8-10,12-13H,2,4-7H2. The molecule has 1 aromatic rings. The van der Waals surface area contributed by atoms with Gasteiger partial charge in [0.15, 0.2) is 5.78 Å². The molecule has 0 aromatic carbocycles. The van der Waals surface area contributed by atoms with E-state index in [0.29, 0.717) is 11.5 Å². The number of nitriles is 1. The largest absolute Gasteiger partial charge is 0.289 e.